The minimum Gasteiger partial charge on any atom is -0.314 e. The Morgan fingerprint density at radius 3 is 2.76 bits per heavy atom. The van der Waals surface area contributed by atoms with Crippen molar-refractivity contribution >= 4 is 0 Å². The van der Waals surface area contributed by atoms with Gasteiger partial charge in [-0.2, -0.15) is 0 Å². The lowest BCUT2D eigenvalue weighted by Crippen LogP contribution is -2.48. The van der Waals surface area contributed by atoms with Crippen LogP contribution in [0.25, 0.3) is 0 Å². The van der Waals surface area contributed by atoms with Crippen LogP contribution in [0.5, 0.6) is 0 Å². The van der Waals surface area contributed by atoms with Crippen molar-refractivity contribution in [3.05, 3.63) is 35.1 Å². The van der Waals surface area contributed by atoms with Gasteiger partial charge in [0, 0.05) is 6.04 Å². The first kappa shape index (κ1) is 12.6. The third-order valence-electron chi connectivity index (χ3n) is 4.06. The number of hydrogen-bond acceptors (Lipinski definition) is 1. The Balaban J connectivity index is 1.99. The van der Waals surface area contributed by atoms with Gasteiger partial charge in [-0.1, -0.05) is 26.0 Å². The average Bonchev–Trinajstić information content (AvgIpc) is 2.32. The van der Waals surface area contributed by atoms with E-state index in [0.29, 0.717) is 17.9 Å². The molecule has 3 atom stereocenters. The van der Waals surface area contributed by atoms with E-state index in [1.165, 1.54) is 6.42 Å². The maximum absolute atomic E-state index is 13.5. The smallest absolute Gasteiger partial charge is 0.126 e. The topological polar surface area (TPSA) is 12.0 Å². The van der Waals surface area contributed by atoms with E-state index >= 15 is 0 Å². The van der Waals surface area contributed by atoms with Crippen molar-refractivity contribution < 1.29 is 4.39 Å². The number of halogens is 1. The highest BCUT2D eigenvalue weighted by molar-refractivity contribution is 5.29. The first-order valence-electron chi connectivity index (χ1n) is 6.63. The van der Waals surface area contributed by atoms with Gasteiger partial charge in [0.1, 0.15) is 5.82 Å². The molecule has 17 heavy (non-hydrogen) atoms. The molecule has 0 aliphatic heterocycles. The van der Waals surface area contributed by atoms with Gasteiger partial charge in [0.2, 0.25) is 0 Å². The van der Waals surface area contributed by atoms with Crippen LogP contribution < -0.4 is 5.32 Å². The Labute approximate surface area is 103 Å². The molecule has 1 fully saturated rings. The number of hydrogen-bond donors (Lipinski definition) is 1. The summed E-state index contributed by atoms with van der Waals surface area (Å²) in [6, 6.07) is 6.30. The number of aryl methyl sites for hydroxylation is 1. The summed E-state index contributed by atoms with van der Waals surface area (Å²) in [6.45, 7) is 7.35. The predicted molar refractivity (Wildman–Crippen MR) is 69.7 cm³/mol. The molecule has 0 spiro atoms. The third-order valence-corrected chi connectivity index (χ3v) is 4.06. The summed E-state index contributed by atoms with van der Waals surface area (Å²) in [7, 11) is 0. The van der Waals surface area contributed by atoms with Crippen LogP contribution in [0.4, 0.5) is 4.39 Å². The van der Waals surface area contributed by atoms with Crippen LogP contribution >= 0.6 is 0 Å². The predicted octanol–water partition coefficient (Wildman–Crippen LogP) is 3.63. The van der Waals surface area contributed by atoms with Gasteiger partial charge in [-0.05, 0) is 55.3 Å². The standard InChI is InChI=1S/C15H22FN/c1-4-7-17-15-9-13(11(15)3)12-6-5-10(2)14(16)8-12/h5-6,8,11,13,15,17H,4,7,9H2,1-3H3. The first-order chi connectivity index (χ1) is 8.13. The van der Waals surface area contributed by atoms with Crippen molar-refractivity contribution in [2.75, 3.05) is 6.54 Å². The van der Waals surface area contributed by atoms with Crippen molar-refractivity contribution in [3.63, 3.8) is 0 Å². The SMILES string of the molecule is CCCNC1CC(c2ccc(C)c(F)c2)C1C. The largest absolute Gasteiger partial charge is 0.314 e. The molecule has 1 aromatic carbocycles. The molecule has 1 nitrogen and oxygen atoms in total. The van der Waals surface area contributed by atoms with Crippen molar-refractivity contribution in [1.29, 1.82) is 0 Å². The lowest BCUT2D eigenvalue weighted by molar-refractivity contribution is 0.184. The van der Waals surface area contributed by atoms with Gasteiger partial charge in [0.15, 0.2) is 0 Å². The molecule has 2 rings (SSSR count). The summed E-state index contributed by atoms with van der Waals surface area (Å²) in [4.78, 5) is 0. The molecule has 0 saturated heterocycles. The second-order valence-corrected chi connectivity index (χ2v) is 5.27. The van der Waals surface area contributed by atoms with E-state index in [1.807, 2.05) is 13.0 Å². The molecule has 1 saturated carbocycles. The molecule has 1 N–H and O–H groups in total. The van der Waals surface area contributed by atoms with Crippen LogP contribution in [0.1, 0.15) is 43.7 Å². The highest BCUT2D eigenvalue weighted by atomic mass is 19.1. The summed E-state index contributed by atoms with van der Waals surface area (Å²) < 4.78 is 13.5. The molecule has 94 valence electrons. The number of rotatable bonds is 4. The molecule has 0 aromatic heterocycles. The van der Waals surface area contributed by atoms with Gasteiger partial charge in [-0.3, -0.25) is 0 Å². The van der Waals surface area contributed by atoms with Gasteiger partial charge in [0.05, 0.1) is 0 Å². The Morgan fingerprint density at radius 2 is 2.18 bits per heavy atom. The number of nitrogens with one attached hydrogen (secondary N) is 1. The minimum atomic E-state index is -0.0698. The van der Waals surface area contributed by atoms with Gasteiger partial charge < -0.3 is 5.32 Å². The molecule has 2 heteroatoms. The van der Waals surface area contributed by atoms with Gasteiger partial charge >= 0.3 is 0 Å². The number of benzene rings is 1. The van der Waals surface area contributed by atoms with Crippen molar-refractivity contribution in [1.82, 2.24) is 5.32 Å². The highest BCUT2D eigenvalue weighted by Crippen LogP contribution is 2.42. The van der Waals surface area contributed by atoms with Crippen molar-refractivity contribution in [2.24, 2.45) is 5.92 Å². The fraction of sp³-hybridized carbons (Fsp3) is 0.600. The summed E-state index contributed by atoms with van der Waals surface area (Å²) in [6.07, 6.45) is 2.32. The summed E-state index contributed by atoms with van der Waals surface area (Å²) in [5.41, 5.74) is 1.90. The quantitative estimate of drug-likeness (QED) is 0.840. The van der Waals surface area contributed by atoms with Crippen molar-refractivity contribution in [3.8, 4) is 0 Å². The zero-order chi connectivity index (χ0) is 12.4. The Bertz CT molecular complexity index is 389. The lowest BCUT2D eigenvalue weighted by atomic mass is 9.67. The average molecular weight is 235 g/mol. The molecule has 1 aliphatic carbocycles. The zero-order valence-corrected chi connectivity index (χ0v) is 11.0. The normalized spacial score (nSPS) is 27.9. The van der Waals surface area contributed by atoms with Gasteiger partial charge in [-0.25, -0.2) is 4.39 Å². The van der Waals surface area contributed by atoms with Crippen LogP contribution in [0.3, 0.4) is 0 Å². The molecule has 0 bridgehead atoms. The van der Waals surface area contributed by atoms with Crippen LogP contribution in [0.2, 0.25) is 0 Å². The van der Waals surface area contributed by atoms with Gasteiger partial charge in [0.25, 0.3) is 0 Å². The fourth-order valence-corrected chi connectivity index (χ4v) is 2.67. The third kappa shape index (κ3) is 2.52. The molecule has 3 unspecified atom stereocenters. The summed E-state index contributed by atoms with van der Waals surface area (Å²) in [5.74, 6) is 1.07. The van der Waals surface area contributed by atoms with Crippen LogP contribution in [0.15, 0.2) is 18.2 Å². The maximum Gasteiger partial charge on any atom is 0.126 e. The molecule has 0 radical (unpaired) electrons. The first-order valence-corrected chi connectivity index (χ1v) is 6.63. The molecular formula is C15H22FN. The highest BCUT2D eigenvalue weighted by Gasteiger charge is 2.37. The minimum absolute atomic E-state index is 0.0698. The van der Waals surface area contributed by atoms with E-state index in [-0.39, 0.29) is 5.82 Å². The van der Waals surface area contributed by atoms with E-state index in [0.717, 1.165) is 24.1 Å². The second-order valence-electron chi connectivity index (χ2n) is 5.27. The van der Waals surface area contributed by atoms with Crippen molar-refractivity contribution in [2.45, 2.75) is 45.6 Å². The second kappa shape index (κ2) is 5.18. The summed E-state index contributed by atoms with van der Waals surface area (Å²) >= 11 is 0. The maximum atomic E-state index is 13.5. The van der Waals surface area contributed by atoms with E-state index in [2.05, 4.69) is 25.2 Å². The molecular weight excluding hydrogens is 213 g/mol. The molecule has 0 amide bonds. The Hall–Kier alpha value is -0.890. The monoisotopic (exact) mass is 235 g/mol. The Morgan fingerprint density at radius 1 is 1.41 bits per heavy atom. The fourth-order valence-electron chi connectivity index (χ4n) is 2.67. The lowest BCUT2D eigenvalue weighted by Gasteiger charge is -2.44. The molecule has 1 aliphatic rings. The Kier molecular flexibility index (Phi) is 3.82. The van der Waals surface area contributed by atoms with E-state index in [9.17, 15) is 4.39 Å². The van der Waals surface area contributed by atoms with E-state index in [4.69, 9.17) is 0 Å². The van der Waals surface area contributed by atoms with Crippen LogP contribution in [-0.2, 0) is 0 Å². The van der Waals surface area contributed by atoms with E-state index < -0.39 is 0 Å². The molecule has 0 heterocycles. The zero-order valence-electron chi connectivity index (χ0n) is 11.0. The van der Waals surface area contributed by atoms with Crippen LogP contribution in [0, 0.1) is 18.7 Å². The van der Waals surface area contributed by atoms with Crippen LogP contribution in [-0.4, -0.2) is 12.6 Å². The molecule has 1 aromatic rings. The summed E-state index contributed by atoms with van der Waals surface area (Å²) in [5, 5.41) is 3.55. The van der Waals surface area contributed by atoms with Gasteiger partial charge in [-0.15, -0.1) is 0 Å². The van der Waals surface area contributed by atoms with E-state index in [1.54, 1.807) is 6.07 Å².